The largest absolute Gasteiger partial charge is 0.445 e. The van der Waals surface area contributed by atoms with Gasteiger partial charge in [0.15, 0.2) is 8.32 Å². The van der Waals surface area contributed by atoms with Crippen LogP contribution in [-0.2, 0) is 9.16 Å². The van der Waals surface area contributed by atoms with Crippen LogP contribution in [0.3, 0.4) is 0 Å². The van der Waals surface area contributed by atoms with Crippen molar-refractivity contribution in [3.8, 4) is 0 Å². The van der Waals surface area contributed by atoms with Gasteiger partial charge in [0.1, 0.15) is 6.61 Å². The predicted octanol–water partition coefficient (Wildman–Crippen LogP) is 5.27. The molecule has 0 spiro atoms. The van der Waals surface area contributed by atoms with Gasteiger partial charge in [-0.05, 0) is 61.7 Å². The Morgan fingerprint density at radius 2 is 1.90 bits per heavy atom. The lowest BCUT2D eigenvalue weighted by molar-refractivity contribution is 0.0314. The number of hydrogen-bond donors (Lipinski definition) is 1. The molecule has 166 valence electrons. The summed E-state index contributed by atoms with van der Waals surface area (Å²) in [6.07, 6.45) is 1.82. The minimum absolute atomic E-state index is 0.0637. The first-order chi connectivity index (χ1) is 13.9. The third kappa shape index (κ3) is 5.52. The van der Waals surface area contributed by atoms with Crippen LogP contribution in [0.5, 0.6) is 0 Å². The summed E-state index contributed by atoms with van der Waals surface area (Å²) in [4.78, 5) is 27.2. The van der Waals surface area contributed by atoms with Crippen molar-refractivity contribution in [1.82, 2.24) is 4.90 Å². The SMILES string of the molecule is C=CCOC(=O)Nc1cc(C)c(C)cc1C(=O)N1CC[C@H]1CO[Si](C)(C)C(C)(C)C. The fourth-order valence-corrected chi connectivity index (χ4v) is 3.98. The maximum atomic E-state index is 13.3. The Kier molecular flexibility index (Phi) is 7.53. The molecule has 0 saturated carbocycles. The molecule has 7 heteroatoms. The zero-order valence-corrected chi connectivity index (χ0v) is 20.4. The highest BCUT2D eigenvalue weighted by atomic mass is 28.4. The van der Waals surface area contributed by atoms with Crippen molar-refractivity contribution >= 4 is 26.0 Å². The number of likely N-dealkylation sites (tertiary alicyclic amines) is 1. The van der Waals surface area contributed by atoms with Gasteiger partial charge in [0.25, 0.3) is 5.91 Å². The molecular formula is C23H36N2O4Si. The van der Waals surface area contributed by atoms with Gasteiger partial charge >= 0.3 is 6.09 Å². The number of nitrogens with one attached hydrogen (secondary N) is 1. The van der Waals surface area contributed by atoms with Gasteiger partial charge in [-0.2, -0.15) is 0 Å². The summed E-state index contributed by atoms with van der Waals surface area (Å²) >= 11 is 0. The van der Waals surface area contributed by atoms with Crippen LogP contribution in [0.25, 0.3) is 0 Å². The monoisotopic (exact) mass is 432 g/mol. The number of carbonyl (C=O) groups is 2. The minimum Gasteiger partial charge on any atom is -0.445 e. The fourth-order valence-electron chi connectivity index (χ4n) is 2.93. The van der Waals surface area contributed by atoms with E-state index in [0.29, 0.717) is 24.4 Å². The second-order valence-electron chi connectivity index (χ2n) is 9.51. The van der Waals surface area contributed by atoms with Crippen molar-refractivity contribution in [1.29, 1.82) is 0 Å². The molecule has 1 aromatic rings. The summed E-state index contributed by atoms with van der Waals surface area (Å²) in [5.74, 6) is -0.0906. The highest BCUT2D eigenvalue weighted by Gasteiger charge is 2.40. The Morgan fingerprint density at radius 3 is 2.43 bits per heavy atom. The molecule has 6 nitrogen and oxygen atoms in total. The fraction of sp³-hybridized carbons (Fsp3) is 0.565. The van der Waals surface area contributed by atoms with E-state index in [1.165, 1.54) is 6.08 Å². The number of anilines is 1. The van der Waals surface area contributed by atoms with Gasteiger partial charge in [0, 0.05) is 6.54 Å². The van der Waals surface area contributed by atoms with Crippen molar-refractivity contribution in [3.63, 3.8) is 0 Å². The van der Waals surface area contributed by atoms with Crippen LogP contribution >= 0.6 is 0 Å². The lowest BCUT2D eigenvalue weighted by Gasteiger charge is -2.44. The highest BCUT2D eigenvalue weighted by molar-refractivity contribution is 6.74. The first-order valence-electron chi connectivity index (χ1n) is 10.5. The summed E-state index contributed by atoms with van der Waals surface area (Å²) in [6.45, 7) is 19.9. The summed E-state index contributed by atoms with van der Waals surface area (Å²) in [5.41, 5.74) is 2.93. The zero-order valence-electron chi connectivity index (χ0n) is 19.4. The van der Waals surface area contributed by atoms with Crippen LogP contribution in [0.1, 0.15) is 48.7 Å². The second-order valence-corrected chi connectivity index (χ2v) is 14.3. The topological polar surface area (TPSA) is 67.9 Å². The lowest BCUT2D eigenvalue weighted by atomic mass is 9.98. The molecule has 1 aliphatic rings. The van der Waals surface area contributed by atoms with Gasteiger partial charge in [-0.15, -0.1) is 0 Å². The van der Waals surface area contributed by atoms with Crippen LogP contribution in [0.2, 0.25) is 18.1 Å². The maximum absolute atomic E-state index is 13.3. The predicted molar refractivity (Wildman–Crippen MR) is 124 cm³/mol. The van der Waals surface area contributed by atoms with Gasteiger partial charge in [0.05, 0.1) is 23.9 Å². The normalized spacial score (nSPS) is 16.6. The zero-order chi connectivity index (χ0) is 22.7. The van der Waals surface area contributed by atoms with Gasteiger partial charge in [0.2, 0.25) is 0 Å². The average molecular weight is 433 g/mol. The molecule has 1 saturated heterocycles. The van der Waals surface area contributed by atoms with Crippen LogP contribution < -0.4 is 5.32 Å². The molecule has 1 N–H and O–H groups in total. The molecule has 1 aliphatic heterocycles. The van der Waals surface area contributed by atoms with Crippen LogP contribution in [0.15, 0.2) is 24.8 Å². The molecule has 0 unspecified atom stereocenters. The Bertz CT molecular complexity index is 814. The Balaban J connectivity index is 2.16. The van der Waals surface area contributed by atoms with Gasteiger partial charge in [-0.1, -0.05) is 33.4 Å². The number of rotatable bonds is 7. The molecule has 2 amide bonds. The second kappa shape index (κ2) is 9.35. The number of nitrogens with zero attached hydrogens (tertiary/aromatic N) is 1. The number of carbonyl (C=O) groups excluding carboxylic acids is 2. The highest BCUT2D eigenvalue weighted by Crippen LogP contribution is 2.37. The molecule has 0 aromatic heterocycles. The molecule has 1 heterocycles. The van der Waals surface area contributed by atoms with Gasteiger partial charge in [-0.3, -0.25) is 10.1 Å². The summed E-state index contributed by atoms with van der Waals surface area (Å²) in [5, 5.41) is 2.84. The van der Waals surface area contributed by atoms with Gasteiger partial charge < -0.3 is 14.1 Å². The van der Waals surface area contributed by atoms with Crippen LogP contribution in [-0.4, -0.2) is 51.0 Å². The Hall–Kier alpha value is -2.12. The van der Waals surface area contributed by atoms with E-state index in [0.717, 1.165) is 17.5 Å². The Labute approximate surface area is 181 Å². The average Bonchev–Trinajstić information content (AvgIpc) is 2.60. The number of ether oxygens (including phenoxy) is 1. The molecular weight excluding hydrogens is 396 g/mol. The summed E-state index contributed by atoms with van der Waals surface area (Å²) < 4.78 is 11.4. The molecule has 0 radical (unpaired) electrons. The van der Waals surface area contributed by atoms with E-state index in [4.69, 9.17) is 9.16 Å². The van der Waals surface area contributed by atoms with Crippen LogP contribution in [0, 0.1) is 13.8 Å². The first-order valence-corrected chi connectivity index (χ1v) is 13.4. The molecule has 0 bridgehead atoms. The summed E-state index contributed by atoms with van der Waals surface area (Å²) in [6, 6.07) is 3.72. The molecule has 30 heavy (non-hydrogen) atoms. The third-order valence-electron chi connectivity index (χ3n) is 6.28. The number of hydrogen-bond acceptors (Lipinski definition) is 4. The van der Waals surface area contributed by atoms with Crippen molar-refractivity contribution in [2.45, 2.75) is 65.2 Å². The summed E-state index contributed by atoms with van der Waals surface area (Å²) in [7, 11) is -1.88. The van der Waals surface area contributed by atoms with Crippen molar-refractivity contribution in [2.75, 3.05) is 25.1 Å². The number of benzene rings is 1. The van der Waals surface area contributed by atoms with E-state index in [-0.39, 0.29) is 23.6 Å². The van der Waals surface area contributed by atoms with Gasteiger partial charge in [-0.25, -0.2) is 4.79 Å². The van der Waals surface area contributed by atoms with E-state index in [2.05, 4.69) is 45.8 Å². The number of amides is 2. The van der Waals surface area contributed by atoms with E-state index in [9.17, 15) is 9.59 Å². The van der Waals surface area contributed by atoms with E-state index in [1.54, 1.807) is 0 Å². The first kappa shape index (κ1) is 24.1. The molecule has 1 aromatic carbocycles. The van der Waals surface area contributed by atoms with E-state index < -0.39 is 14.4 Å². The van der Waals surface area contributed by atoms with Crippen LogP contribution in [0.4, 0.5) is 10.5 Å². The minimum atomic E-state index is -1.88. The maximum Gasteiger partial charge on any atom is 0.411 e. The third-order valence-corrected chi connectivity index (χ3v) is 10.8. The van der Waals surface area contributed by atoms with Crippen molar-refractivity contribution in [3.05, 3.63) is 41.5 Å². The number of aryl methyl sites for hydroxylation is 2. The standard InChI is InChI=1S/C23H36N2O4Si/c1-9-12-28-22(27)24-20-14-17(3)16(2)13-19(20)21(26)25-11-10-18(25)15-29-30(7,8)23(4,5)6/h9,13-14,18H,1,10-12,15H2,2-8H3,(H,24,27)/t18-/m0/s1. The molecule has 2 rings (SSSR count). The molecule has 1 fully saturated rings. The smallest absolute Gasteiger partial charge is 0.411 e. The van der Waals surface area contributed by atoms with E-state index >= 15 is 0 Å². The quantitative estimate of drug-likeness (QED) is 0.470. The van der Waals surface area contributed by atoms with Crippen molar-refractivity contribution < 1.29 is 18.8 Å². The van der Waals surface area contributed by atoms with E-state index in [1.807, 2.05) is 30.9 Å². The lowest BCUT2D eigenvalue weighted by Crippen LogP contribution is -2.55. The molecule has 0 aliphatic carbocycles. The van der Waals surface area contributed by atoms with Crippen molar-refractivity contribution in [2.24, 2.45) is 0 Å². The molecule has 1 atom stereocenters. The Morgan fingerprint density at radius 1 is 1.27 bits per heavy atom.